The van der Waals surface area contributed by atoms with Gasteiger partial charge < -0.3 is 19.8 Å². The molecule has 1 atom stereocenters. The van der Waals surface area contributed by atoms with Crippen molar-refractivity contribution in [2.24, 2.45) is 5.92 Å². The van der Waals surface area contributed by atoms with Gasteiger partial charge in [0.05, 0.1) is 16.9 Å². The summed E-state index contributed by atoms with van der Waals surface area (Å²) in [5.41, 5.74) is 11.2. The number of benzene rings is 2. The molecule has 36 heavy (non-hydrogen) atoms. The predicted molar refractivity (Wildman–Crippen MR) is 139 cm³/mol. The molecule has 0 unspecified atom stereocenters. The largest absolute Gasteiger partial charge is 0.446 e. The average molecular weight is 484 g/mol. The monoisotopic (exact) mass is 483 g/mol. The Labute approximate surface area is 209 Å². The third-order valence-corrected chi connectivity index (χ3v) is 7.19. The molecular weight excluding hydrogens is 454 g/mol. The zero-order chi connectivity index (χ0) is 24.6. The zero-order valence-electron chi connectivity index (χ0n) is 20.2. The number of nitrogens with two attached hydrogens (primary N) is 1. The molecule has 8 heteroatoms. The summed E-state index contributed by atoms with van der Waals surface area (Å²) in [5.74, 6) is 1.14. The van der Waals surface area contributed by atoms with E-state index in [0.717, 1.165) is 47.8 Å². The van der Waals surface area contributed by atoms with Gasteiger partial charge in [0, 0.05) is 35.1 Å². The lowest BCUT2D eigenvalue weighted by atomic mass is 9.92. The number of amides is 1. The number of anilines is 2. The number of nitrogens with one attached hydrogen (secondary N) is 1. The van der Waals surface area contributed by atoms with Crippen LogP contribution in [0.1, 0.15) is 45.1 Å². The van der Waals surface area contributed by atoms with Crippen LogP contribution in [0, 0.1) is 5.92 Å². The number of rotatable bonds is 7. The summed E-state index contributed by atoms with van der Waals surface area (Å²) >= 11 is 0. The molecule has 184 valence electrons. The van der Waals surface area contributed by atoms with Crippen LogP contribution in [-0.2, 0) is 4.74 Å². The first kappa shape index (κ1) is 22.4. The lowest BCUT2D eigenvalue weighted by Crippen LogP contribution is -2.21. The first-order chi connectivity index (χ1) is 17.6. The molecule has 6 rings (SSSR count). The van der Waals surface area contributed by atoms with Crippen LogP contribution in [0.3, 0.4) is 0 Å². The van der Waals surface area contributed by atoms with Crippen LogP contribution in [-0.4, -0.2) is 26.7 Å². The molecule has 0 bridgehead atoms. The number of aromatic nitrogens is 3. The van der Waals surface area contributed by atoms with Gasteiger partial charge in [-0.1, -0.05) is 12.1 Å². The molecule has 8 nitrogen and oxygen atoms in total. The molecule has 0 radical (unpaired) electrons. The molecular formula is C28H29N5O3. The summed E-state index contributed by atoms with van der Waals surface area (Å²) in [6.45, 7) is 1.95. The minimum absolute atomic E-state index is 0.0513. The van der Waals surface area contributed by atoms with Crippen LogP contribution in [0.5, 0.6) is 11.8 Å². The van der Waals surface area contributed by atoms with E-state index in [9.17, 15) is 4.79 Å². The van der Waals surface area contributed by atoms with E-state index in [1.165, 1.54) is 6.42 Å². The first-order valence-corrected chi connectivity index (χ1v) is 12.5. The van der Waals surface area contributed by atoms with E-state index < -0.39 is 6.09 Å². The number of carbonyl (C=O) groups is 1. The SMILES string of the molecule is C[C@@H](OC(=O)Nc1ccc(-c2c(N)c3cc(Oc4ncccn4)ccc3n2C2CCC2)cc1)C1CC1. The van der Waals surface area contributed by atoms with Crippen molar-refractivity contribution in [1.29, 1.82) is 0 Å². The van der Waals surface area contributed by atoms with Crippen molar-refractivity contribution in [2.45, 2.75) is 51.2 Å². The van der Waals surface area contributed by atoms with Gasteiger partial charge in [-0.05, 0) is 81.3 Å². The molecule has 1 amide bonds. The van der Waals surface area contributed by atoms with E-state index >= 15 is 0 Å². The van der Waals surface area contributed by atoms with Crippen LogP contribution in [0.4, 0.5) is 16.2 Å². The maximum absolute atomic E-state index is 12.3. The van der Waals surface area contributed by atoms with Gasteiger partial charge in [-0.15, -0.1) is 0 Å². The smallest absolute Gasteiger partial charge is 0.411 e. The van der Waals surface area contributed by atoms with Gasteiger partial charge in [-0.25, -0.2) is 14.8 Å². The molecule has 2 aliphatic carbocycles. The molecule has 2 aliphatic rings. The summed E-state index contributed by atoms with van der Waals surface area (Å²) in [7, 11) is 0. The lowest BCUT2D eigenvalue weighted by Gasteiger charge is -2.30. The van der Waals surface area contributed by atoms with Crippen molar-refractivity contribution < 1.29 is 14.3 Å². The van der Waals surface area contributed by atoms with Gasteiger partial charge in [-0.3, -0.25) is 5.32 Å². The van der Waals surface area contributed by atoms with Crippen LogP contribution < -0.4 is 15.8 Å². The van der Waals surface area contributed by atoms with Gasteiger partial charge in [0.25, 0.3) is 0 Å². The fourth-order valence-electron chi connectivity index (χ4n) is 4.83. The Morgan fingerprint density at radius 2 is 1.83 bits per heavy atom. The number of nitrogens with zero attached hydrogens (tertiary/aromatic N) is 3. The topological polar surface area (TPSA) is 104 Å². The zero-order valence-corrected chi connectivity index (χ0v) is 20.2. The Bertz CT molecular complexity index is 1390. The molecule has 2 saturated carbocycles. The summed E-state index contributed by atoms with van der Waals surface area (Å²) in [6, 6.07) is 16.2. The van der Waals surface area contributed by atoms with Gasteiger partial charge in [-0.2, -0.15) is 0 Å². The number of fused-ring (bicyclic) bond motifs is 1. The maximum Gasteiger partial charge on any atom is 0.411 e. The van der Waals surface area contributed by atoms with Crippen molar-refractivity contribution in [2.75, 3.05) is 11.1 Å². The van der Waals surface area contributed by atoms with E-state index in [0.29, 0.717) is 35.1 Å². The quantitative estimate of drug-likeness (QED) is 0.309. The van der Waals surface area contributed by atoms with Gasteiger partial charge in [0.1, 0.15) is 11.9 Å². The van der Waals surface area contributed by atoms with Crippen LogP contribution in [0.15, 0.2) is 60.9 Å². The van der Waals surface area contributed by atoms with E-state index in [1.807, 2.05) is 43.3 Å². The average Bonchev–Trinajstić information content (AvgIpc) is 3.66. The Balaban J connectivity index is 1.30. The lowest BCUT2D eigenvalue weighted by molar-refractivity contribution is 0.108. The highest BCUT2D eigenvalue weighted by Crippen LogP contribution is 2.45. The van der Waals surface area contributed by atoms with Crippen molar-refractivity contribution in [3.8, 4) is 23.0 Å². The second-order valence-electron chi connectivity index (χ2n) is 9.68. The first-order valence-electron chi connectivity index (χ1n) is 12.5. The number of hydrogen-bond donors (Lipinski definition) is 2. The molecule has 2 fully saturated rings. The maximum atomic E-state index is 12.3. The van der Waals surface area contributed by atoms with E-state index in [-0.39, 0.29) is 6.10 Å². The number of ether oxygens (including phenoxy) is 2. The highest BCUT2D eigenvalue weighted by Gasteiger charge is 2.31. The summed E-state index contributed by atoms with van der Waals surface area (Å²) in [6.07, 6.45) is 8.54. The molecule has 3 N–H and O–H groups in total. The van der Waals surface area contributed by atoms with Gasteiger partial charge in [0.2, 0.25) is 0 Å². The van der Waals surface area contributed by atoms with Crippen LogP contribution in [0.25, 0.3) is 22.2 Å². The van der Waals surface area contributed by atoms with E-state index in [4.69, 9.17) is 15.2 Å². The fraction of sp³-hybridized carbons (Fsp3) is 0.321. The predicted octanol–water partition coefficient (Wildman–Crippen LogP) is 6.54. The molecule has 2 heterocycles. The second kappa shape index (κ2) is 9.18. The Kier molecular flexibility index (Phi) is 5.71. The number of carbonyl (C=O) groups excluding carboxylic acids is 1. The summed E-state index contributed by atoms with van der Waals surface area (Å²) < 4.78 is 13.7. The summed E-state index contributed by atoms with van der Waals surface area (Å²) in [5, 5.41) is 3.77. The van der Waals surface area contributed by atoms with Crippen LogP contribution in [0.2, 0.25) is 0 Å². The van der Waals surface area contributed by atoms with Crippen molar-refractivity contribution in [1.82, 2.24) is 14.5 Å². The Hall–Kier alpha value is -4.07. The number of hydrogen-bond acceptors (Lipinski definition) is 6. The van der Waals surface area contributed by atoms with Gasteiger partial charge >= 0.3 is 12.1 Å². The highest BCUT2D eigenvalue weighted by molar-refractivity contribution is 6.02. The van der Waals surface area contributed by atoms with E-state index in [2.05, 4.69) is 25.9 Å². The third-order valence-electron chi connectivity index (χ3n) is 7.19. The molecule has 0 aliphatic heterocycles. The molecule has 2 aromatic carbocycles. The van der Waals surface area contributed by atoms with E-state index in [1.54, 1.807) is 18.5 Å². The van der Waals surface area contributed by atoms with Crippen molar-refractivity contribution in [3.05, 3.63) is 60.9 Å². The Morgan fingerprint density at radius 1 is 1.08 bits per heavy atom. The van der Waals surface area contributed by atoms with Crippen molar-refractivity contribution >= 4 is 28.4 Å². The molecule has 2 aromatic heterocycles. The normalized spacial score (nSPS) is 16.4. The van der Waals surface area contributed by atoms with Crippen LogP contribution >= 0.6 is 0 Å². The molecule has 4 aromatic rings. The minimum Gasteiger partial charge on any atom is -0.446 e. The third kappa shape index (κ3) is 4.34. The minimum atomic E-state index is -0.417. The van der Waals surface area contributed by atoms with Gasteiger partial charge in [0.15, 0.2) is 0 Å². The standard InChI is InChI=1S/C28H29N5O3/c1-17(18-6-7-18)35-28(34)32-20-10-8-19(9-11-20)26-25(29)23-16-22(36-27-30-14-3-15-31-27)12-13-24(23)33(26)21-4-2-5-21/h3,8-18,21H,2,4-7,29H2,1H3,(H,32,34)/t17-/m1/s1. The molecule has 0 saturated heterocycles. The van der Waals surface area contributed by atoms with Crippen molar-refractivity contribution in [3.63, 3.8) is 0 Å². The summed E-state index contributed by atoms with van der Waals surface area (Å²) in [4.78, 5) is 20.5. The fourth-order valence-corrected chi connectivity index (χ4v) is 4.83. The highest BCUT2D eigenvalue weighted by atomic mass is 16.6. The Morgan fingerprint density at radius 3 is 2.50 bits per heavy atom. The molecule has 0 spiro atoms. The number of nitrogen functional groups attached to an aromatic ring is 1. The second-order valence-corrected chi connectivity index (χ2v) is 9.68.